The molecule has 1 saturated carbocycles. The quantitative estimate of drug-likeness (QED) is 0.865. The fraction of sp³-hybridized carbons (Fsp3) is 0.333. The Balaban J connectivity index is 2.45. The van der Waals surface area contributed by atoms with E-state index in [0.717, 1.165) is 16.8 Å². The Labute approximate surface area is 132 Å². The molecule has 0 amide bonds. The highest BCUT2D eigenvalue weighted by Crippen LogP contribution is 2.43. The monoisotopic (exact) mass is 345 g/mol. The van der Waals surface area contributed by atoms with Crippen LogP contribution in [0.5, 0.6) is 5.75 Å². The second kappa shape index (κ2) is 5.50. The van der Waals surface area contributed by atoms with Crippen molar-refractivity contribution in [3.05, 3.63) is 39.4 Å². The molecule has 1 fully saturated rings. The van der Waals surface area contributed by atoms with Gasteiger partial charge < -0.3 is 14.4 Å². The van der Waals surface area contributed by atoms with E-state index in [9.17, 15) is 27.2 Å². The number of halogens is 4. The Kier molecular flexibility index (Phi) is 3.73. The van der Waals surface area contributed by atoms with Gasteiger partial charge in [0, 0.05) is 18.2 Å². The summed E-state index contributed by atoms with van der Waals surface area (Å²) in [5.74, 6) is -3.19. The SMILES string of the molecule is Cc1c(F)cc2c(=O)c(C(=O)O)cn(C3C[C@@H]3F)c2c1OC(F)F. The lowest BCUT2D eigenvalue weighted by Crippen LogP contribution is -2.20. The van der Waals surface area contributed by atoms with Gasteiger partial charge in [0.15, 0.2) is 5.75 Å². The number of carboxylic acids is 1. The molecule has 9 heteroatoms. The van der Waals surface area contributed by atoms with Crippen LogP contribution in [-0.2, 0) is 0 Å². The molecule has 0 bridgehead atoms. The third-order valence-corrected chi connectivity index (χ3v) is 3.93. The Hall–Kier alpha value is -2.58. The number of carbonyl (C=O) groups is 1. The first-order valence-electron chi connectivity index (χ1n) is 6.92. The van der Waals surface area contributed by atoms with E-state index in [0.29, 0.717) is 0 Å². The van der Waals surface area contributed by atoms with Gasteiger partial charge in [-0.05, 0) is 13.0 Å². The van der Waals surface area contributed by atoms with Crippen LogP contribution in [0.2, 0.25) is 0 Å². The van der Waals surface area contributed by atoms with Crippen molar-refractivity contribution >= 4 is 16.9 Å². The molecule has 0 radical (unpaired) electrons. The fourth-order valence-electron chi connectivity index (χ4n) is 2.64. The number of pyridine rings is 1. The summed E-state index contributed by atoms with van der Waals surface area (Å²) < 4.78 is 58.3. The molecule has 1 unspecified atom stereocenters. The molecule has 1 N–H and O–H groups in total. The van der Waals surface area contributed by atoms with E-state index >= 15 is 0 Å². The number of hydrogen-bond acceptors (Lipinski definition) is 3. The van der Waals surface area contributed by atoms with Gasteiger partial charge in [0.05, 0.1) is 16.9 Å². The first kappa shape index (κ1) is 16.3. The minimum Gasteiger partial charge on any atom is -0.477 e. The number of hydrogen-bond donors (Lipinski definition) is 1. The molecule has 2 atom stereocenters. The van der Waals surface area contributed by atoms with Gasteiger partial charge in [-0.3, -0.25) is 4.79 Å². The van der Waals surface area contributed by atoms with Gasteiger partial charge in [-0.2, -0.15) is 8.78 Å². The molecular weight excluding hydrogens is 334 g/mol. The third-order valence-electron chi connectivity index (χ3n) is 3.93. The Morgan fingerprint density at radius 1 is 1.46 bits per heavy atom. The van der Waals surface area contributed by atoms with Gasteiger partial charge in [0.25, 0.3) is 0 Å². The van der Waals surface area contributed by atoms with Crippen molar-refractivity contribution in [3.8, 4) is 5.75 Å². The smallest absolute Gasteiger partial charge is 0.387 e. The summed E-state index contributed by atoms with van der Waals surface area (Å²) in [5.41, 5.74) is -2.28. The molecular formula is C15H11F4NO4. The zero-order valence-corrected chi connectivity index (χ0v) is 12.2. The van der Waals surface area contributed by atoms with Crippen LogP contribution in [0.15, 0.2) is 17.1 Å². The van der Waals surface area contributed by atoms with Crippen LogP contribution < -0.4 is 10.2 Å². The maximum atomic E-state index is 14.0. The number of rotatable bonds is 4. The minimum absolute atomic E-state index is 0.0293. The predicted molar refractivity (Wildman–Crippen MR) is 75.0 cm³/mol. The largest absolute Gasteiger partial charge is 0.477 e. The summed E-state index contributed by atoms with van der Waals surface area (Å²) in [4.78, 5) is 23.5. The highest BCUT2D eigenvalue weighted by atomic mass is 19.3. The van der Waals surface area contributed by atoms with Crippen molar-refractivity contribution in [1.29, 1.82) is 0 Å². The molecule has 1 aromatic carbocycles. The van der Waals surface area contributed by atoms with Crippen LogP contribution in [0.4, 0.5) is 17.6 Å². The zero-order valence-electron chi connectivity index (χ0n) is 12.2. The van der Waals surface area contributed by atoms with E-state index in [1.165, 1.54) is 6.92 Å². The minimum atomic E-state index is -3.29. The molecule has 1 aromatic heterocycles. The number of aromatic nitrogens is 1. The van der Waals surface area contributed by atoms with Crippen molar-refractivity contribution in [1.82, 2.24) is 4.57 Å². The van der Waals surface area contributed by atoms with Crippen molar-refractivity contribution in [2.75, 3.05) is 0 Å². The van der Waals surface area contributed by atoms with Crippen molar-refractivity contribution < 1.29 is 32.2 Å². The van der Waals surface area contributed by atoms with Gasteiger partial charge in [0.2, 0.25) is 5.43 Å². The molecule has 3 rings (SSSR count). The lowest BCUT2D eigenvalue weighted by atomic mass is 10.1. The molecule has 128 valence electrons. The maximum Gasteiger partial charge on any atom is 0.387 e. The van der Waals surface area contributed by atoms with Crippen LogP contribution >= 0.6 is 0 Å². The highest BCUT2D eigenvalue weighted by Gasteiger charge is 2.41. The number of aromatic carboxylic acids is 1. The van der Waals surface area contributed by atoms with Crippen LogP contribution in [0, 0.1) is 12.7 Å². The van der Waals surface area contributed by atoms with E-state index in [2.05, 4.69) is 4.74 Å². The lowest BCUT2D eigenvalue weighted by molar-refractivity contribution is -0.0496. The molecule has 24 heavy (non-hydrogen) atoms. The second-order valence-corrected chi connectivity index (χ2v) is 5.49. The predicted octanol–water partition coefficient (Wildman–Crippen LogP) is 3.03. The highest BCUT2D eigenvalue weighted by molar-refractivity contribution is 5.95. The third kappa shape index (κ3) is 2.49. The number of fused-ring (bicyclic) bond motifs is 1. The van der Waals surface area contributed by atoms with Gasteiger partial charge in [-0.25, -0.2) is 13.6 Å². The van der Waals surface area contributed by atoms with E-state index < -0.39 is 52.7 Å². The Bertz CT molecular complexity index is 909. The Morgan fingerprint density at radius 3 is 2.58 bits per heavy atom. The summed E-state index contributed by atoms with van der Waals surface area (Å²) in [5, 5.41) is 8.65. The maximum absolute atomic E-state index is 14.0. The number of alkyl halides is 3. The van der Waals surface area contributed by atoms with Gasteiger partial charge in [-0.1, -0.05) is 0 Å². The molecule has 1 aliphatic carbocycles. The fourth-order valence-corrected chi connectivity index (χ4v) is 2.64. The lowest BCUT2D eigenvalue weighted by Gasteiger charge is -2.17. The average Bonchev–Trinajstić information content (AvgIpc) is 3.21. The topological polar surface area (TPSA) is 68.5 Å². The molecule has 5 nitrogen and oxygen atoms in total. The summed E-state index contributed by atoms with van der Waals surface area (Å²) in [7, 11) is 0. The summed E-state index contributed by atoms with van der Waals surface area (Å²) in [6, 6.07) is -0.0692. The van der Waals surface area contributed by atoms with Gasteiger partial charge in [0.1, 0.15) is 17.6 Å². The van der Waals surface area contributed by atoms with Gasteiger partial charge in [-0.15, -0.1) is 0 Å². The second-order valence-electron chi connectivity index (χ2n) is 5.49. The van der Waals surface area contributed by atoms with E-state index in [1.54, 1.807) is 0 Å². The molecule has 0 aliphatic heterocycles. The van der Waals surface area contributed by atoms with E-state index in [1.807, 2.05) is 0 Å². The number of carboxylic acid groups (broad SMARTS) is 1. The van der Waals surface area contributed by atoms with E-state index in [4.69, 9.17) is 5.11 Å². The number of ether oxygens (including phenoxy) is 1. The summed E-state index contributed by atoms with van der Waals surface area (Å²) >= 11 is 0. The number of nitrogens with zero attached hydrogens (tertiary/aromatic N) is 1. The zero-order chi connectivity index (χ0) is 17.8. The van der Waals surface area contributed by atoms with Gasteiger partial charge >= 0.3 is 12.6 Å². The molecule has 1 heterocycles. The first-order chi connectivity index (χ1) is 11.2. The van der Waals surface area contributed by atoms with E-state index in [-0.39, 0.29) is 17.5 Å². The summed E-state index contributed by atoms with van der Waals surface area (Å²) in [6.45, 7) is -2.12. The van der Waals surface area contributed by atoms with Crippen molar-refractivity contribution in [2.24, 2.45) is 0 Å². The van der Waals surface area contributed by atoms with Crippen LogP contribution in [0.25, 0.3) is 10.9 Å². The number of benzene rings is 1. The summed E-state index contributed by atoms with van der Waals surface area (Å²) in [6.07, 6.45) is -0.406. The van der Waals surface area contributed by atoms with Crippen LogP contribution in [0.1, 0.15) is 28.4 Å². The van der Waals surface area contributed by atoms with Crippen LogP contribution in [-0.4, -0.2) is 28.4 Å². The molecule has 2 aromatic rings. The van der Waals surface area contributed by atoms with Crippen molar-refractivity contribution in [3.63, 3.8) is 0 Å². The standard InChI is InChI=1S/C15H11F4NO4/c1-5-8(16)2-6-11(13(5)24-15(18)19)20(10-3-9(10)17)4-7(12(6)21)14(22)23/h2,4,9-10,15H,3H2,1H3,(H,22,23)/t9-,10?/m0/s1. The molecule has 0 saturated heterocycles. The Morgan fingerprint density at radius 2 is 2.08 bits per heavy atom. The molecule has 1 aliphatic rings. The molecule has 0 spiro atoms. The average molecular weight is 345 g/mol. The van der Waals surface area contributed by atoms with Crippen molar-refractivity contribution in [2.45, 2.75) is 32.2 Å². The normalized spacial score (nSPS) is 19.8. The van der Waals surface area contributed by atoms with Crippen LogP contribution in [0.3, 0.4) is 0 Å². The first-order valence-corrected chi connectivity index (χ1v) is 6.92.